The van der Waals surface area contributed by atoms with E-state index in [1.807, 2.05) is 24.3 Å². The van der Waals surface area contributed by atoms with Crippen molar-refractivity contribution in [3.05, 3.63) is 46.6 Å². The highest BCUT2D eigenvalue weighted by molar-refractivity contribution is 9.10. The second-order valence-electron chi connectivity index (χ2n) is 2.68. The number of carbonyl (C=O) groups is 1. The third-order valence-electron chi connectivity index (χ3n) is 1.54. The van der Waals surface area contributed by atoms with Gasteiger partial charge in [-0.2, -0.15) is 0 Å². The summed E-state index contributed by atoms with van der Waals surface area (Å²) >= 11 is 3.35. The summed E-state index contributed by atoms with van der Waals surface area (Å²) in [7, 11) is 0. The third-order valence-corrected chi connectivity index (χ3v) is 2.03. The van der Waals surface area contributed by atoms with Crippen molar-refractivity contribution in [2.24, 2.45) is 0 Å². The van der Waals surface area contributed by atoms with Crippen LogP contribution in [0.15, 0.2) is 41.0 Å². The first-order chi connectivity index (χ1) is 6.68. The van der Waals surface area contributed by atoms with E-state index in [1.54, 1.807) is 0 Å². The number of rotatable bonds is 4. The molecule has 0 saturated heterocycles. The molecule has 0 amide bonds. The van der Waals surface area contributed by atoms with Gasteiger partial charge in [0.25, 0.3) is 0 Å². The summed E-state index contributed by atoms with van der Waals surface area (Å²) in [4.78, 5) is 10.1. The SMILES string of the molecule is O=C(O)/C=C/NCc1cccc(Br)c1. The van der Waals surface area contributed by atoms with Crippen molar-refractivity contribution in [1.82, 2.24) is 5.32 Å². The number of benzene rings is 1. The van der Waals surface area contributed by atoms with Crippen LogP contribution in [0.2, 0.25) is 0 Å². The van der Waals surface area contributed by atoms with Gasteiger partial charge in [-0.1, -0.05) is 28.1 Å². The van der Waals surface area contributed by atoms with Gasteiger partial charge < -0.3 is 10.4 Å². The molecule has 0 aliphatic heterocycles. The Bertz CT molecular complexity index is 350. The van der Waals surface area contributed by atoms with Gasteiger partial charge in [0.1, 0.15) is 0 Å². The zero-order valence-electron chi connectivity index (χ0n) is 7.40. The maximum Gasteiger partial charge on any atom is 0.329 e. The minimum absolute atomic E-state index is 0.614. The van der Waals surface area contributed by atoms with E-state index in [2.05, 4.69) is 21.2 Å². The average Bonchev–Trinajstić information content (AvgIpc) is 2.12. The lowest BCUT2D eigenvalue weighted by atomic mass is 10.2. The van der Waals surface area contributed by atoms with Gasteiger partial charge in [-0.15, -0.1) is 0 Å². The number of aliphatic carboxylic acids is 1. The number of nitrogens with one attached hydrogen (secondary N) is 1. The molecule has 0 aliphatic rings. The van der Waals surface area contributed by atoms with Crippen molar-refractivity contribution < 1.29 is 9.90 Å². The summed E-state index contributed by atoms with van der Waals surface area (Å²) in [6, 6.07) is 7.81. The molecule has 0 atom stereocenters. The highest BCUT2D eigenvalue weighted by Crippen LogP contribution is 2.11. The van der Waals surface area contributed by atoms with Gasteiger partial charge in [0.2, 0.25) is 0 Å². The van der Waals surface area contributed by atoms with Crippen LogP contribution in [-0.2, 0) is 11.3 Å². The molecule has 14 heavy (non-hydrogen) atoms. The Balaban J connectivity index is 2.42. The molecule has 0 saturated carbocycles. The van der Waals surface area contributed by atoms with Crippen LogP contribution in [0, 0.1) is 0 Å². The Morgan fingerprint density at radius 2 is 2.36 bits per heavy atom. The maximum absolute atomic E-state index is 10.1. The minimum atomic E-state index is -0.952. The van der Waals surface area contributed by atoms with Gasteiger partial charge >= 0.3 is 5.97 Å². The van der Waals surface area contributed by atoms with Crippen molar-refractivity contribution >= 4 is 21.9 Å². The Morgan fingerprint density at radius 1 is 1.57 bits per heavy atom. The largest absolute Gasteiger partial charge is 0.478 e. The number of hydrogen-bond acceptors (Lipinski definition) is 2. The van der Waals surface area contributed by atoms with Crippen molar-refractivity contribution in [3.8, 4) is 0 Å². The lowest BCUT2D eigenvalue weighted by molar-refractivity contribution is -0.131. The van der Waals surface area contributed by atoms with Crippen LogP contribution >= 0.6 is 15.9 Å². The fourth-order valence-electron chi connectivity index (χ4n) is 0.954. The summed E-state index contributed by atoms with van der Waals surface area (Å²) in [6.07, 6.45) is 2.49. The molecule has 74 valence electrons. The predicted molar refractivity (Wildman–Crippen MR) is 57.8 cm³/mol. The lowest BCUT2D eigenvalue weighted by Crippen LogP contribution is -2.05. The average molecular weight is 256 g/mol. The third kappa shape index (κ3) is 4.09. The van der Waals surface area contributed by atoms with Crippen LogP contribution in [0.25, 0.3) is 0 Å². The van der Waals surface area contributed by atoms with Crippen molar-refractivity contribution in [1.29, 1.82) is 0 Å². The smallest absolute Gasteiger partial charge is 0.329 e. The molecular weight excluding hydrogens is 246 g/mol. The standard InChI is InChI=1S/C10H10BrNO2/c11-9-3-1-2-8(6-9)7-12-5-4-10(13)14/h1-6,12H,7H2,(H,13,14)/b5-4+. The molecule has 2 N–H and O–H groups in total. The van der Waals surface area contributed by atoms with E-state index in [0.29, 0.717) is 6.54 Å². The molecule has 0 aliphatic carbocycles. The number of carboxylic acid groups (broad SMARTS) is 1. The topological polar surface area (TPSA) is 49.3 Å². The first kappa shape index (κ1) is 10.8. The molecule has 0 unspecified atom stereocenters. The van der Waals surface area contributed by atoms with Crippen molar-refractivity contribution in [3.63, 3.8) is 0 Å². The van der Waals surface area contributed by atoms with E-state index >= 15 is 0 Å². The summed E-state index contributed by atoms with van der Waals surface area (Å²) in [6.45, 7) is 0.614. The van der Waals surface area contributed by atoms with Crippen molar-refractivity contribution in [2.75, 3.05) is 0 Å². The molecule has 0 bridgehead atoms. The monoisotopic (exact) mass is 255 g/mol. The number of carboxylic acids is 1. The Morgan fingerprint density at radius 3 is 3.00 bits per heavy atom. The van der Waals surface area contributed by atoms with Crippen LogP contribution < -0.4 is 5.32 Å². The van der Waals surface area contributed by atoms with Gasteiger partial charge in [-0.25, -0.2) is 4.79 Å². The number of halogens is 1. The molecule has 1 aromatic rings. The molecular formula is C10H10BrNO2. The van der Waals surface area contributed by atoms with Crippen LogP contribution in [-0.4, -0.2) is 11.1 Å². The number of hydrogen-bond donors (Lipinski definition) is 2. The predicted octanol–water partition coefficient (Wildman–Crippen LogP) is 2.14. The highest BCUT2D eigenvalue weighted by atomic mass is 79.9. The molecule has 0 spiro atoms. The lowest BCUT2D eigenvalue weighted by Gasteiger charge is -2.00. The molecule has 1 rings (SSSR count). The van der Waals surface area contributed by atoms with Crippen LogP contribution in [0.4, 0.5) is 0 Å². The normalized spacial score (nSPS) is 10.4. The van der Waals surface area contributed by atoms with Gasteiger partial charge in [0.15, 0.2) is 0 Å². The van der Waals surface area contributed by atoms with Crippen LogP contribution in [0.5, 0.6) is 0 Å². The molecule has 0 aromatic heterocycles. The fourth-order valence-corrected chi connectivity index (χ4v) is 1.40. The first-order valence-electron chi connectivity index (χ1n) is 4.06. The molecule has 0 heterocycles. The van der Waals surface area contributed by atoms with E-state index in [1.165, 1.54) is 6.20 Å². The summed E-state index contributed by atoms with van der Waals surface area (Å²) in [5.41, 5.74) is 1.09. The van der Waals surface area contributed by atoms with E-state index in [4.69, 9.17) is 5.11 Å². The molecule has 0 radical (unpaired) electrons. The van der Waals surface area contributed by atoms with Gasteiger partial charge in [0.05, 0.1) is 0 Å². The van der Waals surface area contributed by atoms with Gasteiger partial charge in [-0.3, -0.25) is 0 Å². The molecule has 3 nitrogen and oxygen atoms in total. The van der Waals surface area contributed by atoms with Crippen LogP contribution in [0.1, 0.15) is 5.56 Å². The quantitative estimate of drug-likeness (QED) is 0.811. The molecule has 0 fully saturated rings. The Hall–Kier alpha value is -1.29. The van der Waals surface area contributed by atoms with E-state index in [0.717, 1.165) is 16.1 Å². The zero-order valence-corrected chi connectivity index (χ0v) is 8.99. The second-order valence-corrected chi connectivity index (χ2v) is 3.60. The second kappa shape index (κ2) is 5.44. The zero-order chi connectivity index (χ0) is 10.4. The highest BCUT2D eigenvalue weighted by Gasteiger charge is 1.91. The van der Waals surface area contributed by atoms with Gasteiger partial charge in [-0.05, 0) is 17.7 Å². The maximum atomic E-state index is 10.1. The summed E-state index contributed by atoms with van der Waals surface area (Å²) < 4.78 is 1.01. The van der Waals surface area contributed by atoms with E-state index in [-0.39, 0.29) is 0 Å². The van der Waals surface area contributed by atoms with Gasteiger partial charge in [0, 0.05) is 23.3 Å². The van der Waals surface area contributed by atoms with Crippen molar-refractivity contribution in [2.45, 2.75) is 6.54 Å². The summed E-state index contributed by atoms with van der Waals surface area (Å²) in [5, 5.41) is 11.2. The van der Waals surface area contributed by atoms with E-state index < -0.39 is 5.97 Å². The minimum Gasteiger partial charge on any atom is -0.478 e. The fraction of sp³-hybridized carbons (Fsp3) is 0.100. The first-order valence-corrected chi connectivity index (χ1v) is 4.85. The van der Waals surface area contributed by atoms with Crippen LogP contribution in [0.3, 0.4) is 0 Å². The summed E-state index contributed by atoms with van der Waals surface area (Å²) in [5.74, 6) is -0.952. The Kier molecular flexibility index (Phi) is 4.19. The van der Waals surface area contributed by atoms with E-state index in [9.17, 15) is 4.79 Å². The Labute approximate surface area is 90.6 Å². The molecule has 4 heteroatoms. The molecule has 1 aromatic carbocycles.